The van der Waals surface area contributed by atoms with Gasteiger partial charge in [0.25, 0.3) is 0 Å². The maximum atomic E-state index is 5.99. The Kier molecular flexibility index (Phi) is 2.18. The van der Waals surface area contributed by atoms with E-state index >= 15 is 0 Å². The molecule has 0 unspecified atom stereocenters. The standard InChI is InChI=1S/C12H13N3O2/c1-8-6-14-15(7-8)10-5-12-11(4-9(10)13)16-2-3-17-12/h4-7H,2-3,13H2,1H3. The van der Waals surface area contributed by atoms with Crippen molar-refractivity contribution in [3.8, 4) is 17.2 Å². The van der Waals surface area contributed by atoms with Crippen molar-refractivity contribution in [1.29, 1.82) is 0 Å². The van der Waals surface area contributed by atoms with Gasteiger partial charge in [0.1, 0.15) is 13.2 Å². The number of hydrogen-bond donors (Lipinski definition) is 1. The largest absolute Gasteiger partial charge is 0.486 e. The molecule has 1 aromatic heterocycles. The Bertz CT molecular complexity index is 563. The quantitative estimate of drug-likeness (QED) is 0.756. The van der Waals surface area contributed by atoms with Crippen molar-refractivity contribution in [3.05, 3.63) is 30.1 Å². The molecule has 0 bridgehead atoms. The summed E-state index contributed by atoms with van der Waals surface area (Å²) in [5.41, 5.74) is 8.50. The highest BCUT2D eigenvalue weighted by Gasteiger charge is 2.15. The fraction of sp³-hybridized carbons (Fsp3) is 0.250. The van der Waals surface area contributed by atoms with Gasteiger partial charge in [0, 0.05) is 18.3 Å². The minimum Gasteiger partial charge on any atom is -0.486 e. The van der Waals surface area contributed by atoms with Gasteiger partial charge in [-0.05, 0) is 12.5 Å². The second-order valence-corrected chi connectivity index (χ2v) is 4.02. The Morgan fingerprint density at radius 2 is 1.94 bits per heavy atom. The lowest BCUT2D eigenvalue weighted by Gasteiger charge is -2.20. The van der Waals surface area contributed by atoms with Crippen molar-refractivity contribution in [3.63, 3.8) is 0 Å². The highest BCUT2D eigenvalue weighted by molar-refractivity contribution is 5.65. The minimum atomic E-state index is 0.562. The van der Waals surface area contributed by atoms with Crippen LogP contribution in [0.4, 0.5) is 5.69 Å². The molecular weight excluding hydrogens is 218 g/mol. The van der Waals surface area contributed by atoms with Gasteiger partial charge in [-0.2, -0.15) is 5.10 Å². The Morgan fingerprint density at radius 1 is 1.24 bits per heavy atom. The summed E-state index contributed by atoms with van der Waals surface area (Å²) in [6, 6.07) is 3.64. The number of anilines is 1. The van der Waals surface area contributed by atoms with Gasteiger partial charge in [-0.25, -0.2) is 4.68 Å². The number of nitrogens with two attached hydrogens (primary N) is 1. The molecule has 3 rings (SSSR count). The molecule has 0 aliphatic carbocycles. The van der Waals surface area contributed by atoms with Gasteiger partial charge in [-0.3, -0.25) is 0 Å². The maximum absolute atomic E-state index is 5.99. The Morgan fingerprint density at radius 3 is 2.59 bits per heavy atom. The molecular formula is C12H13N3O2. The van der Waals surface area contributed by atoms with E-state index in [9.17, 15) is 0 Å². The van der Waals surface area contributed by atoms with E-state index in [2.05, 4.69) is 5.10 Å². The summed E-state index contributed by atoms with van der Waals surface area (Å²) in [6.07, 6.45) is 3.71. The van der Waals surface area contributed by atoms with E-state index in [1.54, 1.807) is 16.9 Å². The van der Waals surface area contributed by atoms with Gasteiger partial charge in [-0.1, -0.05) is 0 Å². The third-order valence-electron chi connectivity index (χ3n) is 2.65. The predicted octanol–water partition coefficient (Wildman–Crippen LogP) is 1.53. The Hall–Kier alpha value is -2.17. The summed E-state index contributed by atoms with van der Waals surface area (Å²) in [5.74, 6) is 1.41. The monoisotopic (exact) mass is 231 g/mol. The summed E-state index contributed by atoms with van der Waals surface area (Å²) in [4.78, 5) is 0. The van der Waals surface area contributed by atoms with Crippen LogP contribution in [0.25, 0.3) is 5.69 Å². The lowest BCUT2D eigenvalue weighted by molar-refractivity contribution is 0.171. The van der Waals surface area contributed by atoms with Crippen molar-refractivity contribution < 1.29 is 9.47 Å². The smallest absolute Gasteiger partial charge is 0.163 e. The van der Waals surface area contributed by atoms with E-state index in [1.807, 2.05) is 19.2 Å². The summed E-state index contributed by atoms with van der Waals surface area (Å²) in [5, 5.41) is 4.24. The summed E-state index contributed by atoms with van der Waals surface area (Å²) < 4.78 is 12.7. The van der Waals surface area contributed by atoms with Crippen LogP contribution in [0.2, 0.25) is 0 Å². The first-order valence-corrected chi connectivity index (χ1v) is 5.45. The fourth-order valence-corrected chi connectivity index (χ4v) is 1.84. The van der Waals surface area contributed by atoms with Gasteiger partial charge >= 0.3 is 0 Å². The first-order valence-electron chi connectivity index (χ1n) is 5.45. The highest BCUT2D eigenvalue weighted by Crippen LogP contribution is 2.35. The van der Waals surface area contributed by atoms with Crippen LogP contribution >= 0.6 is 0 Å². The summed E-state index contributed by atoms with van der Waals surface area (Å²) in [6.45, 7) is 3.11. The number of ether oxygens (including phenoxy) is 2. The molecule has 0 spiro atoms. The lowest BCUT2D eigenvalue weighted by atomic mass is 10.2. The number of fused-ring (bicyclic) bond motifs is 1. The molecule has 17 heavy (non-hydrogen) atoms. The number of aryl methyl sites for hydroxylation is 1. The van der Waals surface area contributed by atoms with Crippen LogP contribution in [0.15, 0.2) is 24.5 Å². The van der Waals surface area contributed by atoms with E-state index < -0.39 is 0 Å². The molecule has 1 aliphatic rings. The average Bonchev–Trinajstić information content (AvgIpc) is 2.75. The van der Waals surface area contributed by atoms with Crippen LogP contribution in [0, 0.1) is 6.92 Å². The molecule has 0 fully saturated rings. The van der Waals surface area contributed by atoms with Gasteiger partial charge in [0.2, 0.25) is 0 Å². The van der Waals surface area contributed by atoms with E-state index in [0.29, 0.717) is 30.4 Å². The maximum Gasteiger partial charge on any atom is 0.163 e. The Balaban J connectivity index is 2.11. The van der Waals surface area contributed by atoms with Gasteiger partial charge < -0.3 is 15.2 Å². The van der Waals surface area contributed by atoms with E-state index in [-0.39, 0.29) is 0 Å². The van der Waals surface area contributed by atoms with Crippen LogP contribution in [0.3, 0.4) is 0 Å². The number of hydrogen-bond acceptors (Lipinski definition) is 4. The molecule has 2 aromatic rings. The summed E-state index contributed by atoms with van der Waals surface area (Å²) >= 11 is 0. The van der Waals surface area contributed by atoms with Crippen LogP contribution < -0.4 is 15.2 Å². The van der Waals surface area contributed by atoms with Gasteiger partial charge in [-0.15, -0.1) is 0 Å². The van der Waals surface area contributed by atoms with Crippen molar-refractivity contribution in [2.45, 2.75) is 6.92 Å². The van der Waals surface area contributed by atoms with Crippen LogP contribution in [0.5, 0.6) is 11.5 Å². The highest BCUT2D eigenvalue weighted by atomic mass is 16.6. The first-order chi connectivity index (χ1) is 8.24. The molecule has 0 amide bonds. The SMILES string of the molecule is Cc1cnn(-c2cc3c(cc2N)OCCO3)c1. The van der Waals surface area contributed by atoms with Crippen molar-refractivity contribution in [2.24, 2.45) is 0 Å². The van der Waals surface area contributed by atoms with Crippen molar-refractivity contribution in [2.75, 3.05) is 18.9 Å². The molecule has 2 heterocycles. The molecule has 0 saturated heterocycles. The van der Waals surface area contributed by atoms with E-state index in [1.165, 1.54) is 0 Å². The number of nitrogen functional groups attached to an aromatic ring is 1. The topological polar surface area (TPSA) is 62.3 Å². The molecule has 88 valence electrons. The fourth-order valence-electron chi connectivity index (χ4n) is 1.84. The zero-order valence-corrected chi connectivity index (χ0v) is 9.51. The zero-order valence-electron chi connectivity index (χ0n) is 9.51. The van der Waals surface area contributed by atoms with Crippen molar-refractivity contribution >= 4 is 5.69 Å². The molecule has 5 nitrogen and oxygen atoms in total. The van der Waals surface area contributed by atoms with E-state index in [4.69, 9.17) is 15.2 Å². The van der Waals surface area contributed by atoms with Crippen LogP contribution in [0.1, 0.15) is 5.56 Å². The molecule has 0 radical (unpaired) electrons. The number of benzene rings is 1. The lowest BCUT2D eigenvalue weighted by Crippen LogP contribution is -2.16. The van der Waals surface area contributed by atoms with E-state index in [0.717, 1.165) is 11.3 Å². The summed E-state index contributed by atoms with van der Waals surface area (Å²) in [7, 11) is 0. The van der Waals surface area contributed by atoms with Crippen LogP contribution in [-0.4, -0.2) is 23.0 Å². The number of nitrogens with zero attached hydrogens (tertiary/aromatic N) is 2. The third-order valence-corrected chi connectivity index (χ3v) is 2.65. The number of aromatic nitrogens is 2. The number of rotatable bonds is 1. The molecule has 5 heteroatoms. The second kappa shape index (κ2) is 3.69. The Labute approximate surface area is 98.8 Å². The average molecular weight is 231 g/mol. The zero-order chi connectivity index (χ0) is 11.8. The third kappa shape index (κ3) is 1.69. The van der Waals surface area contributed by atoms with Gasteiger partial charge in [0.05, 0.1) is 17.6 Å². The predicted molar refractivity (Wildman–Crippen MR) is 63.7 cm³/mol. The molecule has 1 aliphatic heterocycles. The first kappa shape index (κ1) is 10.0. The normalized spacial score (nSPS) is 13.7. The molecule has 0 saturated carbocycles. The molecule has 0 atom stereocenters. The van der Waals surface area contributed by atoms with Crippen LogP contribution in [-0.2, 0) is 0 Å². The molecule has 1 aromatic carbocycles. The van der Waals surface area contributed by atoms with Crippen molar-refractivity contribution in [1.82, 2.24) is 9.78 Å². The van der Waals surface area contributed by atoms with Gasteiger partial charge in [0.15, 0.2) is 11.5 Å². The molecule has 2 N–H and O–H groups in total. The minimum absolute atomic E-state index is 0.562. The second-order valence-electron chi connectivity index (χ2n) is 4.02.